The van der Waals surface area contributed by atoms with Crippen molar-refractivity contribution in [2.75, 3.05) is 19.5 Å². The molecule has 0 saturated carbocycles. The molecular weight excluding hydrogens is 434 g/mol. The van der Waals surface area contributed by atoms with E-state index in [2.05, 4.69) is 20.4 Å². The summed E-state index contributed by atoms with van der Waals surface area (Å²) in [5.74, 6) is 2.69. The van der Waals surface area contributed by atoms with Gasteiger partial charge in [-0.25, -0.2) is 9.97 Å². The van der Waals surface area contributed by atoms with Crippen molar-refractivity contribution in [2.45, 2.75) is 12.6 Å². The summed E-state index contributed by atoms with van der Waals surface area (Å²) in [6, 6.07) is 18.6. The molecule has 0 saturated heterocycles. The number of nitrogens with one attached hydrogen (secondary N) is 1. The lowest BCUT2D eigenvalue weighted by molar-refractivity contribution is 0.220. The number of fused-ring (bicyclic) bond motifs is 1. The van der Waals surface area contributed by atoms with Crippen LogP contribution in [0.3, 0.4) is 0 Å². The van der Waals surface area contributed by atoms with Crippen LogP contribution in [0.2, 0.25) is 0 Å². The van der Waals surface area contributed by atoms with Gasteiger partial charge in [0.15, 0.2) is 22.9 Å². The van der Waals surface area contributed by atoms with Gasteiger partial charge in [-0.3, -0.25) is 0 Å². The summed E-state index contributed by atoms with van der Waals surface area (Å²) in [5, 5.41) is 18.9. The van der Waals surface area contributed by atoms with E-state index in [1.54, 1.807) is 43.3 Å². The van der Waals surface area contributed by atoms with Crippen LogP contribution in [0.4, 0.5) is 5.95 Å². The van der Waals surface area contributed by atoms with Crippen molar-refractivity contribution < 1.29 is 19.0 Å². The summed E-state index contributed by atoms with van der Waals surface area (Å²) < 4.78 is 17.8. The maximum absolute atomic E-state index is 11.0. The Morgan fingerprint density at radius 3 is 2.59 bits per heavy atom. The smallest absolute Gasteiger partial charge is 0.226 e. The lowest BCUT2D eigenvalue weighted by atomic mass is 10.0. The monoisotopic (exact) mass is 457 g/mol. The minimum atomic E-state index is -0.912. The zero-order valence-electron chi connectivity index (χ0n) is 18.7. The molecule has 5 aromatic rings. The molecule has 0 aliphatic carbocycles. The number of benzene rings is 2. The molecule has 172 valence electrons. The molecule has 0 fully saturated rings. The highest BCUT2D eigenvalue weighted by Gasteiger charge is 2.21. The van der Waals surface area contributed by atoms with Crippen molar-refractivity contribution >= 4 is 11.6 Å². The standard InChI is InChI=1S/C25H23N5O4/c1-32-19-11-10-16(13-21(19)33-2)14-26-25-27-15-18(22(31)17-7-4-3-5-8-17)24-28-23(29-30(24)25)20-9-6-12-34-20/h3-13,15,22,31H,14H2,1-2H3,(H,26,27). The summed E-state index contributed by atoms with van der Waals surface area (Å²) in [6.07, 6.45) is 2.27. The van der Waals surface area contributed by atoms with Gasteiger partial charge in [-0.1, -0.05) is 36.4 Å². The van der Waals surface area contributed by atoms with Crippen molar-refractivity contribution in [3.05, 3.63) is 89.8 Å². The topological polar surface area (TPSA) is 107 Å². The molecule has 1 unspecified atom stereocenters. The Kier molecular flexibility index (Phi) is 5.84. The second-order valence-corrected chi connectivity index (χ2v) is 7.54. The van der Waals surface area contributed by atoms with Crippen LogP contribution in [0.1, 0.15) is 22.8 Å². The third kappa shape index (κ3) is 4.04. The highest BCUT2D eigenvalue weighted by molar-refractivity contribution is 5.59. The van der Waals surface area contributed by atoms with E-state index in [1.165, 1.54) is 0 Å². The summed E-state index contributed by atoms with van der Waals surface area (Å²) in [5.41, 5.74) is 2.72. The average molecular weight is 457 g/mol. The summed E-state index contributed by atoms with van der Waals surface area (Å²) in [7, 11) is 3.20. The van der Waals surface area contributed by atoms with Crippen LogP contribution in [-0.2, 0) is 6.54 Å². The fourth-order valence-corrected chi connectivity index (χ4v) is 3.70. The van der Waals surface area contributed by atoms with Gasteiger partial charge in [0.05, 0.1) is 20.5 Å². The van der Waals surface area contributed by atoms with E-state index in [-0.39, 0.29) is 0 Å². The van der Waals surface area contributed by atoms with E-state index in [4.69, 9.17) is 13.9 Å². The molecule has 0 bridgehead atoms. The molecule has 0 spiro atoms. The largest absolute Gasteiger partial charge is 0.493 e. The lowest BCUT2D eigenvalue weighted by Crippen LogP contribution is -2.11. The van der Waals surface area contributed by atoms with Gasteiger partial charge < -0.3 is 24.3 Å². The first-order valence-electron chi connectivity index (χ1n) is 10.6. The van der Waals surface area contributed by atoms with Gasteiger partial charge in [0.25, 0.3) is 0 Å². The summed E-state index contributed by atoms with van der Waals surface area (Å²) in [6.45, 7) is 0.457. The van der Waals surface area contributed by atoms with Crippen LogP contribution in [0.5, 0.6) is 11.5 Å². The molecule has 0 radical (unpaired) electrons. The molecular formula is C25H23N5O4. The van der Waals surface area contributed by atoms with Gasteiger partial charge in [0.2, 0.25) is 11.8 Å². The second kappa shape index (κ2) is 9.24. The third-order valence-electron chi connectivity index (χ3n) is 5.44. The molecule has 0 amide bonds. The molecule has 2 aromatic carbocycles. The maximum Gasteiger partial charge on any atom is 0.226 e. The van der Waals surface area contributed by atoms with Gasteiger partial charge in [-0.05, 0) is 35.4 Å². The minimum absolute atomic E-state index is 0.397. The number of nitrogens with zero attached hydrogens (tertiary/aromatic N) is 4. The van der Waals surface area contributed by atoms with Crippen LogP contribution in [0.25, 0.3) is 17.2 Å². The Balaban J connectivity index is 1.52. The molecule has 3 heterocycles. The van der Waals surface area contributed by atoms with Gasteiger partial charge in [0.1, 0.15) is 6.10 Å². The molecule has 0 aliphatic rings. The Bertz CT molecular complexity index is 1400. The second-order valence-electron chi connectivity index (χ2n) is 7.54. The molecule has 1 atom stereocenters. The van der Waals surface area contributed by atoms with Gasteiger partial charge >= 0.3 is 0 Å². The molecule has 0 aliphatic heterocycles. The average Bonchev–Trinajstić information content (AvgIpc) is 3.57. The van der Waals surface area contributed by atoms with Crippen LogP contribution < -0.4 is 14.8 Å². The maximum atomic E-state index is 11.0. The number of furan rings is 1. The predicted molar refractivity (Wildman–Crippen MR) is 126 cm³/mol. The molecule has 9 nitrogen and oxygen atoms in total. The summed E-state index contributed by atoms with van der Waals surface area (Å²) >= 11 is 0. The van der Waals surface area contributed by atoms with Crippen LogP contribution in [-0.4, -0.2) is 38.9 Å². The van der Waals surface area contributed by atoms with Crippen molar-refractivity contribution in [1.29, 1.82) is 0 Å². The van der Waals surface area contributed by atoms with Crippen LogP contribution in [0, 0.1) is 0 Å². The van der Waals surface area contributed by atoms with Crippen molar-refractivity contribution in [3.63, 3.8) is 0 Å². The molecule has 5 rings (SSSR count). The first kappa shape index (κ1) is 21.5. The molecule has 3 aromatic heterocycles. The number of ether oxygens (including phenoxy) is 2. The number of methoxy groups -OCH3 is 2. The van der Waals surface area contributed by atoms with Gasteiger partial charge in [0, 0.05) is 18.3 Å². The predicted octanol–water partition coefficient (Wildman–Crippen LogP) is 4.10. The molecule has 34 heavy (non-hydrogen) atoms. The number of rotatable bonds is 8. The van der Waals surface area contributed by atoms with E-state index in [0.717, 1.165) is 11.1 Å². The van der Waals surface area contributed by atoms with E-state index in [0.29, 0.717) is 46.8 Å². The van der Waals surface area contributed by atoms with Crippen molar-refractivity contribution in [2.24, 2.45) is 0 Å². The fraction of sp³-hybridized carbons (Fsp3) is 0.160. The van der Waals surface area contributed by atoms with Gasteiger partial charge in [-0.2, -0.15) is 4.52 Å². The lowest BCUT2D eigenvalue weighted by Gasteiger charge is -2.14. The first-order chi connectivity index (χ1) is 16.7. The Hall–Kier alpha value is -4.37. The number of aliphatic hydroxyl groups is 1. The van der Waals surface area contributed by atoms with E-state index < -0.39 is 6.10 Å². The zero-order chi connectivity index (χ0) is 23.5. The van der Waals surface area contributed by atoms with E-state index >= 15 is 0 Å². The number of aliphatic hydroxyl groups excluding tert-OH is 1. The number of hydrogen-bond donors (Lipinski definition) is 2. The first-order valence-corrected chi connectivity index (χ1v) is 10.6. The summed E-state index contributed by atoms with van der Waals surface area (Å²) in [4.78, 5) is 9.19. The normalized spacial score (nSPS) is 12.0. The fourth-order valence-electron chi connectivity index (χ4n) is 3.70. The van der Waals surface area contributed by atoms with Crippen molar-refractivity contribution in [1.82, 2.24) is 19.6 Å². The van der Waals surface area contributed by atoms with Crippen LogP contribution in [0.15, 0.2) is 77.5 Å². The Morgan fingerprint density at radius 1 is 1.03 bits per heavy atom. The third-order valence-corrected chi connectivity index (χ3v) is 5.44. The van der Waals surface area contributed by atoms with E-state index in [1.807, 2.05) is 48.5 Å². The quantitative estimate of drug-likeness (QED) is 0.359. The van der Waals surface area contributed by atoms with Crippen molar-refractivity contribution in [3.8, 4) is 23.1 Å². The number of aromatic nitrogens is 4. The highest BCUT2D eigenvalue weighted by atomic mass is 16.5. The van der Waals surface area contributed by atoms with Crippen LogP contribution >= 0.6 is 0 Å². The molecule has 9 heteroatoms. The minimum Gasteiger partial charge on any atom is -0.493 e. The number of anilines is 1. The zero-order valence-corrected chi connectivity index (χ0v) is 18.7. The van der Waals surface area contributed by atoms with Gasteiger partial charge in [-0.15, -0.1) is 5.10 Å². The Morgan fingerprint density at radius 2 is 1.85 bits per heavy atom. The molecule has 2 N–H and O–H groups in total. The highest BCUT2D eigenvalue weighted by Crippen LogP contribution is 2.29. The number of hydrogen-bond acceptors (Lipinski definition) is 8. The van der Waals surface area contributed by atoms with E-state index in [9.17, 15) is 5.11 Å². The Labute approximate surface area is 195 Å². The SMILES string of the molecule is COc1ccc(CNc2ncc(C(O)c3ccccc3)c3nc(-c4ccco4)nn23)cc1OC.